The lowest BCUT2D eigenvalue weighted by molar-refractivity contribution is 0.0989. The molecule has 7 heteroatoms. The van der Waals surface area contributed by atoms with Crippen LogP contribution in [-0.4, -0.2) is 52.0 Å². The lowest BCUT2D eigenvalue weighted by Gasteiger charge is -2.32. The Kier molecular flexibility index (Phi) is 5.36. The number of likely N-dealkylation sites (tertiary alicyclic amines) is 1. The molecule has 0 saturated carbocycles. The van der Waals surface area contributed by atoms with Gasteiger partial charge in [-0.2, -0.15) is 0 Å². The average Bonchev–Trinajstić information content (AvgIpc) is 3.26. The number of pyridine rings is 1. The zero-order valence-corrected chi connectivity index (χ0v) is 18.0. The molecule has 2 aliphatic rings. The number of aromatic nitrogens is 3. The summed E-state index contributed by atoms with van der Waals surface area (Å²) in [7, 11) is 2.13. The van der Waals surface area contributed by atoms with Crippen molar-refractivity contribution in [2.45, 2.75) is 51.0 Å². The first kappa shape index (κ1) is 20.0. The van der Waals surface area contributed by atoms with Crippen molar-refractivity contribution < 1.29 is 9.53 Å². The molecule has 1 unspecified atom stereocenters. The van der Waals surface area contributed by atoms with Crippen molar-refractivity contribution in [3.8, 4) is 16.9 Å². The fourth-order valence-corrected chi connectivity index (χ4v) is 4.94. The molecule has 3 aromatic rings. The van der Waals surface area contributed by atoms with Gasteiger partial charge in [0.15, 0.2) is 0 Å². The molecular formula is C24H29N5O2. The summed E-state index contributed by atoms with van der Waals surface area (Å²) < 4.78 is 6.25. The Morgan fingerprint density at radius 3 is 2.94 bits per heavy atom. The number of nitrogens with two attached hydrogens (primary N) is 1. The molecule has 7 nitrogen and oxygen atoms in total. The second kappa shape index (κ2) is 8.30. The van der Waals surface area contributed by atoms with Gasteiger partial charge in [0.05, 0.1) is 17.4 Å². The van der Waals surface area contributed by atoms with Gasteiger partial charge in [0.1, 0.15) is 17.9 Å². The number of imidazole rings is 1. The highest BCUT2D eigenvalue weighted by atomic mass is 16.5. The molecule has 3 N–H and O–H groups in total. The standard InChI is InChI=1S/C24H29N5O2/c1-29-9-5-4-7-17(29)13-31-20-11-18(22-23(28-14-27-22)21(20)24(25)30)16-10-15-6-2-3-8-19(15)26-12-16/h10-12,14,17H,2-9,13H2,1H3,(H2,25,30)(H,27,28). The van der Waals surface area contributed by atoms with E-state index in [0.717, 1.165) is 36.9 Å². The van der Waals surface area contributed by atoms with Crippen molar-refractivity contribution in [2.24, 2.45) is 5.73 Å². The summed E-state index contributed by atoms with van der Waals surface area (Å²) in [4.78, 5) is 27.0. The third-order valence-corrected chi connectivity index (χ3v) is 6.75. The van der Waals surface area contributed by atoms with Gasteiger partial charge in [-0.1, -0.05) is 6.42 Å². The highest BCUT2D eigenvalue weighted by Crippen LogP contribution is 2.36. The van der Waals surface area contributed by atoms with Crippen molar-refractivity contribution in [3.05, 3.63) is 41.5 Å². The fraction of sp³-hybridized carbons (Fsp3) is 0.458. The summed E-state index contributed by atoms with van der Waals surface area (Å²) in [5, 5.41) is 0. The molecule has 1 aliphatic heterocycles. The predicted molar refractivity (Wildman–Crippen MR) is 120 cm³/mol. The Morgan fingerprint density at radius 1 is 1.23 bits per heavy atom. The van der Waals surface area contributed by atoms with Gasteiger partial charge in [-0.05, 0) is 69.8 Å². The first-order valence-corrected chi connectivity index (χ1v) is 11.2. The summed E-state index contributed by atoms with van der Waals surface area (Å²) in [5.74, 6) is -0.00712. The number of fused-ring (bicyclic) bond motifs is 2. The van der Waals surface area contributed by atoms with E-state index in [1.807, 2.05) is 12.3 Å². The van der Waals surface area contributed by atoms with Crippen LogP contribution >= 0.6 is 0 Å². The number of hydrogen-bond donors (Lipinski definition) is 2. The van der Waals surface area contributed by atoms with Crippen LogP contribution in [0.5, 0.6) is 5.75 Å². The molecule has 1 aromatic carbocycles. The topological polar surface area (TPSA) is 97.1 Å². The van der Waals surface area contributed by atoms with E-state index in [0.29, 0.717) is 35.0 Å². The molecule has 0 bridgehead atoms. The maximum Gasteiger partial charge on any atom is 0.254 e. The molecule has 162 valence electrons. The average molecular weight is 420 g/mol. The summed E-state index contributed by atoms with van der Waals surface area (Å²) in [6.45, 7) is 1.60. The maximum absolute atomic E-state index is 12.4. The van der Waals surface area contributed by atoms with Crippen molar-refractivity contribution in [2.75, 3.05) is 20.2 Å². The molecule has 31 heavy (non-hydrogen) atoms. The highest BCUT2D eigenvalue weighted by Gasteiger charge is 2.24. The summed E-state index contributed by atoms with van der Waals surface area (Å²) in [5.41, 5.74) is 11.9. The number of benzene rings is 1. The normalized spacial score (nSPS) is 19.3. The first-order chi connectivity index (χ1) is 15.1. The van der Waals surface area contributed by atoms with Gasteiger partial charge in [0.25, 0.3) is 5.91 Å². The number of nitrogens with zero attached hydrogens (tertiary/aromatic N) is 3. The van der Waals surface area contributed by atoms with Crippen LogP contribution in [0.2, 0.25) is 0 Å². The number of likely N-dealkylation sites (N-methyl/N-ethyl adjacent to an activating group) is 1. The minimum atomic E-state index is -0.517. The number of piperidine rings is 1. The molecule has 0 radical (unpaired) electrons. The summed E-state index contributed by atoms with van der Waals surface area (Å²) >= 11 is 0. The van der Waals surface area contributed by atoms with E-state index in [9.17, 15) is 4.79 Å². The maximum atomic E-state index is 12.4. The van der Waals surface area contributed by atoms with Crippen LogP contribution in [0.25, 0.3) is 22.2 Å². The Labute approximate surface area is 182 Å². The Balaban J connectivity index is 1.56. The molecule has 1 aliphatic carbocycles. The predicted octanol–water partition coefficient (Wildman–Crippen LogP) is 3.47. The van der Waals surface area contributed by atoms with Gasteiger partial charge in [-0.3, -0.25) is 9.78 Å². The van der Waals surface area contributed by atoms with Crippen LogP contribution in [0, 0.1) is 0 Å². The van der Waals surface area contributed by atoms with Crippen molar-refractivity contribution >= 4 is 16.9 Å². The van der Waals surface area contributed by atoms with Crippen molar-refractivity contribution in [3.63, 3.8) is 0 Å². The minimum Gasteiger partial charge on any atom is -0.491 e. The summed E-state index contributed by atoms with van der Waals surface area (Å²) in [6.07, 6.45) is 11.5. The van der Waals surface area contributed by atoms with E-state index >= 15 is 0 Å². The zero-order valence-electron chi connectivity index (χ0n) is 18.0. The number of aryl methyl sites for hydroxylation is 2. The zero-order chi connectivity index (χ0) is 21.4. The second-order valence-corrected chi connectivity index (χ2v) is 8.77. The van der Waals surface area contributed by atoms with Gasteiger partial charge < -0.3 is 20.4 Å². The Bertz CT molecular complexity index is 1120. The lowest BCUT2D eigenvalue weighted by atomic mass is 9.93. The molecule has 1 atom stereocenters. The number of amides is 1. The Hall–Kier alpha value is -2.93. The molecule has 1 saturated heterocycles. The quantitative estimate of drug-likeness (QED) is 0.660. The number of aromatic amines is 1. The number of carbonyl (C=O) groups is 1. The van der Waals surface area contributed by atoms with Crippen LogP contribution < -0.4 is 10.5 Å². The van der Waals surface area contributed by atoms with E-state index in [-0.39, 0.29) is 0 Å². The van der Waals surface area contributed by atoms with E-state index in [2.05, 4.69) is 28.0 Å². The SMILES string of the molecule is CN1CCCCC1COc1cc(-c2cnc3c(c2)CCCC3)c2nc[nH]c2c1C(N)=O. The Morgan fingerprint density at radius 2 is 2.10 bits per heavy atom. The van der Waals surface area contributed by atoms with Gasteiger partial charge in [-0.25, -0.2) is 4.98 Å². The molecular weight excluding hydrogens is 390 g/mol. The monoisotopic (exact) mass is 419 g/mol. The lowest BCUT2D eigenvalue weighted by Crippen LogP contribution is -2.40. The highest BCUT2D eigenvalue weighted by molar-refractivity contribution is 6.10. The van der Waals surface area contributed by atoms with Crippen LogP contribution in [0.1, 0.15) is 53.7 Å². The van der Waals surface area contributed by atoms with Crippen LogP contribution in [0.3, 0.4) is 0 Å². The summed E-state index contributed by atoms with van der Waals surface area (Å²) in [6, 6.07) is 4.46. The number of nitrogens with one attached hydrogen (secondary N) is 1. The van der Waals surface area contributed by atoms with Crippen molar-refractivity contribution in [1.82, 2.24) is 19.9 Å². The third-order valence-electron chi connectivity index (χ3n) is 6.75. The van der Waals surface area contributed by atoms with Gasteiger partial charge in [0, 0.05) is 29.1 Å². The van der Waals surface area contributed by atoms with E-state index in [1.165, 1.54) is 36.9 Å². The second-order valence-electron chi connectivity index (χ2n) is 8.77. The number of rotatable bonds is 5. The van der Waals surface area contributed by atoms with Crippen LogP contribution in [0.15, 0.2) is 24.7 Å². The first-order valence-electron chi connectivity index (χ1n) is 11.2. The van der Waals surface area contributed by atoms with Crippen molar-refractivity contribution in [1.29, 1.82) is 0 Å². The molecule has 3 heterocycles. The van der Waals surface area contributed by atoms with Gasteiger partial charge in [0.2, 0.25) is 0 Å². The molecule has 0 spiro atoms. The van der Waals surface area contributed by atoms with Crippen LogP contribution in [-0.2, 0) is 12.8 Å². The van der Waals surface area contributed by atoms with E-state index in [4.69, 9.17) is 15.5 Å². The van der Waals surface area contributed by atoms with Crippen LogP contribution in [0.4, 0.5) is 0 Å². The smallest absolute Gasteiger partial charge is 0.254 e. The fourth-order valence-electron chi connectivity index (χ4n) is 4.94. The number of primary amides is 1. The number of H-pyrrole nitrogens is 1. The third kappa shape index (κ3) is 3.78. The van der Waals surface area contributed by atoms with Gasteiger partial charge in [-0.15, -0.1) is 0 Å². The number of ether oxygens (including phenoxy) is 1. The number of hydrogen-bond acceptors (Lipinski definition) is 5. The molecule has 5 rings (SSSR count). The van der Waals surface area contributed by atoms with Gasteiger partial charge >= 0.3 is 0 Å². The van der Waals surface area contributed by atoms with E-state index < -0.39 is 5.91 Å². The minimum absolute atomic E-state index is 0.334. The largest absolute Gasteiger partial charge is 0.491 e. The van der Waals surface area contributed by atoms with E-state index in [1.54, 1.807) is 6.33 Å². The molecule has 1 amide bonds. The number of carbonyl (C=O) groups excluding carboxylic acids is 1. The molecule has 2 aromatic heterocycles. The molecule has 1 fully saturated rings.